The lowest BCUT2D eigenvalue weighted by Gasteiger charge is -2.11. The highest BCUT2D eigenvalue weighted by Gasteiger charge is 2.31. The van der Waals surface area contributed by atoms with Crippen LogP contribution in [0.5, 0.6) is 11.6 Å². The van der Waals surface area contributed by atoms with Gasteiger partial charge in [0.05, 0.1) is 52.6 Å². The molecule has 0 fully saturated rings. The number of amides is 1. The molecular formula is C25H19FN6O4S. The summed E-state index contributed by atoms with van der Waals surface area (Å²) in [5.74, 6) is 0.0718. The van der Waals surface area contributed by atoms with Crippen molar-refractivity contribution < 1.29 is 23.4 Å². The quantitative estimate of drug-likeness (QED) is 0.353. The molecule has 1 atom stereocenters. The number of halogens is 1. The molecule has 0 spiro atoms. The van der Waals surface area contributed by atoms with Crippen LogP contribution >= 0.6 is 11.3 Å². The van der Waals surface area contributed by atoms with Crippen LogP contribution in [-0.4, -0.2) is 50.8 Å². The van der Waals surface area contributed by atoms with E-state index in [1.807, 2.05) is 19.1 Å². The summed E-state index contributed by atoms with van der Waals surface area (Å²) >= 11 is 1.44. The van der Waals surface area contributed by atoms with Crippen LogP contribution in [-0.2, 0) is 11.2 Å². The minimum atomic E-state index is -0.677. The number of fused-ring (bicyclic) bond motifs is 4. The van der Waals surface area contributed by atoms with Crippen LogP contribution in [0.1, 0.15) is 11.1 Å². The number of carbonyl (C=O) groups is 1. The van der Waals surface area contributed by atoms with Crippen LogP contribution in [0.3, 0.4) is 0 Å². The standard InChI is InChI=1S/C25H19FN6O4S/c1-12-3-15(21-18(4-12)31-20(34-2)9-29-21)24-32-19-6-17(26)22-16(23(19)37-24)5-14(36-22)10-35-25(33)30-13-7-27-11-28-8-13/h3-4,6-9,11,14H,5,10H2,1-2H3,(H,30,33). The first-order valence-corrected chi connectivity index (χ1v) is 12.1. The predicted octanol–water partition coefficient (Wildman–Crippen LogP) is 4.70. The van der Waals surface area contributed by atoms with Crippen LogP contribution in [0.15, 0.2) is 43.1 Å². The summed E-state index contributed by atoms with van der Waals surface area (Å²) in [5, 5.41) is 3.23. The highest BCUT2D eigenvalue weighted by molar-refractivity contribution is 7.22. The van der Waals surface area contributed by atoms with E-state index in [-0.39, 0.29) is 12.4 Å². The molecular weight excluding hydrogens is 499 g/mol. The monoisotopic (exact) mass is 518 g/mol. The number of thiazole rings is 1. The molecule has 3 aromatic heterocycles. The number of benzene rings is 2. The van der Waals surface area contributed by atoms with Crippen LogP contribution in [0.4, 0.5) is 14.9 Å². The zero-order valence-electron chi connectivity index (χ0n) is 19.7. The maximum absolute atomic E-state index is 15.0. The Morgan fingerprint density at radius 3 is 2.84 bits per heavy atom. The van der Waals surface area contributed by atoms with E-state index < -0.39 is 18.0 Å². The van der Waals surface area contributed by atoms with E-state index in [0.717, 1.165) is 15.8 Å². The van der Waals surface area contributed by atoms with Gasteiger partial charge in [0.15, 0.2) is 11.6 Å². The largest absolute Gasteiger partial charge is 0.483 e. The summed E-state index contributed by atoms with van der Waals surface area (Å²) in [4.78, 5) is 33.5. The second-order valence-electron chi connectivity index (χ2n) is 8.42. The third kappa shape index (κ3) is 4.35. The molecule has 12 heteroatoms. The van der Waals surface area contributed by atoms with Crippen LogP contribution in [0, 0.1) is 12.7 Å². The molecule has 0 bridgehead atoms. The van der Waals surface area contributed by atoms with Crippen molar-refractivity contribution in [1.82, 2.24) is 24.9 Å². The van der Waals surface area contributed by atoms with Crippen molar-refractivity contribution >= 4 is 44.4 Å². The molecule has 0 saturated carbocycles. The molecule has 10 nitrogen and oxygen atoms in total. The summed E-state index contributed by atoms with van der Waals surface area (Å²) in [5.41, 5.74) is 4.79. The van der Waals surface area contributed by atoms with E-state index in [9.17, 15) is 9.18 Å². The number of nitrogens with zero attached hydrogens (tertiary/aromatic N) is 5. The summed E-state index contributed by atoms with van der Waals surface area (Å²) in [6.07, 6.45) is 4.98. The van der Waals surface area contributed by atoms with Gasteiger partial charge in [-0.25, -0.2) is 34.1 Å². The Bertz CT molecular complexity index is 1660. The summed E-state index contributed by atoms with van der Waals surface area (Å²) in [7, 11) is 1.54. The van der Waals surface area contributed by atoms with Crippen molar-refractivity contribution in [2.75, 3.05) is 19.0 Å². The van der Waals surface area contributed by atoms with Crippen molar-refractivity contribution in [1.29, 1.82) is 0 Å². The Hall–Kier alpha value is -4.45. The van der Waals surface area contributed by atoms with Crippen molar-refractivity contribution in [3.05, 3.63) is 60.1 Å². The third-order valence-electron chi connectivity index (χ3n) is 5.81. The zero-order chi connectivity index (χ0) is 25.5. The normalized spacial score (nSPS) is 14.4. The minimum absolute atomic E-state index is 0.0548. The average molecular weight is 519 g/mol. The van der Waals surface area contributed by atoms with Gasteiger partial charge in [-0.05, 0) is 24.6 Å². The van der Waals surface area contributed by atoms with E-state index in [1.54, 1.807) is 13.3 Å². The van der Waals surface area contributed by atoms with Gasteiger partial charge >= 0.3 is 6.09 Å². The van der Waals surface area contributed by atoms with E-state index in [1.165, 1.54) is 36.1 Å². The molecule has 1 aliphatic heterocycles. The number of carbonyl (C=O) groups excluding carboxylic acids is 1. The van der Waals surface area contributed by atoms with E-state index in [2.05, 4.69) is 25.3 Å². The van der Waals surface area contributed by atoms with Gasteiger partial charge in [-0.15, -0.1) is 11.3 Å². The average Bonchev–Trinajstić information content (AvgIpc) is 3.52. The highest BCUT2D eigenvalue weighted by Crippen LogP contribution is 2.43. The molecule has 1 amide bonds. The first-order chi connectivity index (χ1) is 18.0. The fourth-order valence-corrected chi connectivity index (χ4v) is 5.34. The number of nitrogens with one attached hydrogen (secondary N) is 1. The Morgan fingerprint density at radius 2 is 2.03 bits per heavy atom. The molecule has 0 saturated heterocycles. The van der Waals surface area contributed by atoms with E-state index >= 15 is 0 Å². The van der Waals surface area contributed by atoms with Gasteiger partial charge in [0, 0.05) is 23.6 Å². The Morgan fingerprint density at radius 1 is 1.19 bits per heavy atom. The maximum atomic E-state index is 15.0. The summed E-state index contributed by atoms with van der Waals surface area (Å²) in [6, 6.07) is 5.28. The number of hydrogen-bond acceptors (Lipinski definition) is 10. The lowest BCUT2D eigenvalue weighted by molar-refractivity contribution is 0.100. The van der Waals surface area contributed by atoms with E-state index in [0.29, 0.717) is 45.1 Å². The van der Waals surface area contributed by atoms with Crippen LogP contribution < -0.4 is 14.8 Å². The zero-order valence-corrected chi connectivity index (χ0v) is 20.5. The molecule has 1 unspecified atom stereocenters. The number of ether oxygens (including phenoxy) is 3. The number of anilines is 1. The number of aryl methyl sites for hydroxylation is 1. The van der Waals surface area contributed by atoms with Crippen LogP contribution in [0.2, 0.25) is 0 Å². The lowest BCUT2D eigenvalue weighted by atomic mass is 10.1. The molecule has 0 radical (unpaired) electrons. The molecule has 37 heavy (non-hydrogen) atoms. The van der Waals surface area contributed by atoms with Crippen molar-refractivity contribution in [3.8, 4) is 22.2 Å². The molecule has 5 aromatic rings. The topological polar surface area (TPSA) is 121 Å². The molecule has 186 valence electrons. The number of rotatable bonds is 5. The van der Waals surface area contributed by atoms with Gasteiger partial charge in [0.2, 0.25) is 5.88 Å². The summed E-state index contributed by atoms with van der Waals surface area (Å²) < 4.78 is 32.1. The van der Waals surface area contributed by atoms with Gasteiger partial charge in [0.1, 0.15) is 24.0 Å². The SMILES string of the molecule is COc1cnc2c(-c3nc4cc(F)c5c(c4s3)CC(COC(=O)Nc3cncnc3)O5)cc(C)cc2n1. The van der Waals surface area contributed by atoms with Crippen molar-refractivity contribution in [3.63, 3.8) is 0 Å². The second kappa shape index (κ2) is 9.21. The minimum Gasteiger partial charge on any atom is -0.483 e. The van der Waals surface area contributed by atoms with Crippen LogP contribution in [0.25, 0.3) is 31.8 Å². The van der Waals surface area contributed by atoms with Gasteiger partial charge in [-0.2, -0.15) is 0 Å². The van der Waals surface area contributed by atoms with Crippen molar-refractivity contribution in [2.24, 2.45) is 0 Å². The maximum Gasteiger partial charge on any atom is 0.411 e. The fraction of sp³-hybridized carbons (Fsp3) is 0.200. The highest BCUT2D eigenvalue weighted by atomic mass is 32.1. The molecule has 1 N–H and O–H groups in total. The molecule has 0 aliphatic carbocycles. The smallest absolute Gasteiger partial charge is 0.411 e. The number of methoxy groups -OCH3 is 1. The first kappa shape index (κ1) is 23.0. The van der Waals surface area contributed by atoms with Gasteiger partial charge in [0.25, 0.3) is 0 Å². The second-order valence-corrected chi connectivity index (χ2v) is 9.42. The van der Waals surface area contributed by atoms with Crippen molar-refractivity contribution in [2.45, 2.75) is 19.4 Å². The molecule has 4 heterocycles. The fourth-order valence-electron chi connectivity index (χ4n) is 4.23. The molecule has 6 rings (SSSR count). The third-order valence-corrected chi connectivity index (χ3v) is 6.98. The number of hydrogen-bond donors (Lipinski definition) is 1. The first-order valence-electron chi connectivity index (χ1n) is 11.3. The predicted molar refractivity (Wildman–Crippen MR) is 135 cm³/mol. The Kier molecular flexibility index (Phi) is 5.72. The Balaban J connectivity index is 1.27. The summed E-state index contributed by atoms with van der Waals surface area (Å²) in [6.45, 7) is 1.91. The molecule has 1 aliphatic rings. The van der Waals surface area contributed by atoms with Gasteiger partial charge < -0.3 is 14.2 Å². The number of aromatic nitrogens is 5. The van der Waals surface area contributed by atoms with E-state index in [4.69, 9.17) is 19.2 Å². The van der Waals surface area contributed by atoms with Gasteiger partial charge in [-0.3, -0.25) is 5.32 Å². The Labute approximate surface area is 213 Å². The lowest BCUT2D eigenvalue weighted by Crippen LogP contribution is -2.25. The van der Waals surface area contributed by atoms with Gasteiger partial charge in [-0.1, -0.05) is 0 Å². The molecule has 2 aromatic carbocycles.